The summed E-state index contributed by atoms with van der Waals surface area (Å²) >= 11 is 5.48. The minimum Gasteiger partial charge on any atom is -0.342 e. The lowest BCUT2D eigenvalue weighted by Crippen LogP contribution is -2.50. The number of rotatable bonds is 4. The van der Waals surface area contributed by atoms with Crippen molar-refractivity contribution in [2.75, 3.05) is 5.01 Å². The van der Waals surface area contributed by atoms with Crippen LogP contribution in [0, 0.1) is 13.8 Å². The summed E-state index contributed by atoms with van der Waals surface area (Å²) in [5.41, 5.74) is 7.15. The van der Waals surface area contributed by atoms with E-state index in [4.69, 9.17) is 12.2 Å². The van der Waals surface area contributed by atoms with E-state index in [9.17, 15) is 0 Å². The summed E-state index contributed by atoms with van der Waals surface area (Å²) in [6.07, 6.45) is 3.19. The molecule has 1 aliphatic heterocycles. The molecule has 4 heteroatoms. The topological polar surface area (TPSA) is 27.3 Å². The van der Waals surface area contributed by atoms with Crippen LogP contribution in [0.4, 0.5) is 5.69 Å². The minimum atomic E-state index is -0.0926. The van der Waals surface area contributed by atoms with Gasteiger partial charge in [0, 0.05) is 0 Å². The van der Waals surface area contributed by atoms with Gasteiger partial charge in [-0.05, 0) is 62.2 Å². The molecule has 1 aromatic carbocycles. The van der Waals surface area contributed by atoms with Crippen LogP contribution in [-0.2, 0) is 0 Å². The molecule has 1 heterocycles. The molecule has 104 valence electrons. The first-order chi connectivity index (χ1) is 9.01. The molecule has 19 heavy (non-hydrogen) atoms. The standard InChI is InChI=1S/C15H23N3S/c1-5-9-15(6-2)16-14(19)18(17-15)13-8-7-11(3)12(4)10-13/h7-8,10,17H,5-6,9H2,1-4H3,(H,16,19)/t15-/m1/s1. The Kier molecular flexibility index (Phi) is 4.11. The number of benzene rings is 1. The van der Waals surface area contributed by atoms with Crippen LogP contribution < -0.4 is 15.8 Å². The molecule has 2 rings (SSSR count). The summed E-state index contributed by atoms with van der Waals surface area (Å²) in [6, 6.07) is 6.43. The summed E-state index contributed by atoms with van der Waals surface area (Å²) in [5.74, 6) is 0. The highest BCUT2D eigenvalue weighted by molar-refractivity contribution is 7.80. The van der Waals surface area contributed by atoms with E-state index in [2.05, 4.69) is 56.6 Å². The van der Waals surface area contributed by atoms with Gasteiger partial charge in [-0.1, -0.05) is 26.3 Å². The largest absolute Gasteiger partial charge is 0.342 e. The highest BCUT2D eigenvalue weighted by atomic mass is 32.1. The average molecular weight is 277 g/mol. The lowest BCUT2D eigenvalue weighted by molar-refractivity contribution is 0.300. The molecule has 0 saturated carbocycles. The molecule has 0 spiro atoms. The molecule has 1 fully saturated rings. The number of hydrogen-bond donors (Lipinski definition) is 2. The molecule has 0 amide bonds. The normalized spacial score (nSPS) is 22.7. The maximum absolute atomic E-state index is 5.48. The Morgan fingerprint density at radius 1 is 1.21 bits per heavy atom. The van der Waals surface area contributed by atoms with Crippen LogP contribution in [-0.4, -0.2) is 10.8 Å². The predicted molar refractivity (Wildman–Crippen MR) is 85.2 cm³/mol. The van der Waals surface area contributed by atoms with Crippen molar-refractivity contribution in [3.63, 3.8) is 0 Å². The summed E-state index contributed by atoms with van der Waals surface area (Å²) in [7, 11) is 0. The Bertz CT molecular complexity index is 486. The van der Waals surface area contributed by atoms with Gasteiger partial charge in [0.15, 0.2) is 5.11 Å². The fraction of sp³-hybridized carbons (Fsp3) is 0.533. The van der Waals surface area contributed by atoms with E-state index in [1.54, 1.807) is 0 Å². The van der Waals surface area contributed by atoms with E-state index in [1.807, 2.05) is 5.01 Å². The fourth-order valence-corrected chi connectivity index (χ4v) is 2.84. The molecule has 0 aliphatic carbocycles. The van der Waals surface area contributed by atoms with Crippen molar-refractivity contribution < 1.29 is 0 Å². The van der Waals surface area contributed by atoms with Crippen LogP contribution in [0.1, 0.15) is 44.2 Å². The van der Waals surface area contributed by atoms with E-state index < -0.39 is 0 Å². The Balaban J connectivity index is 2.26. The smallest absolute Gasteiger partial charge is 0.189 e. The van der Waals surface area contributed by atoms with Crippen LogP contribution in [0.2, 0.25) is 0 Å². The van der Waals surface area contributed by atoms with Crippen molar-refractivity contribution >= 4 is 23.0 Å². The molecule has 1 aliphatic rings. The molecule has 0 bridgehead atoms. The monoisotopic (exact) mass is 277 g/mol. The van der Waals surface area contributed by atoms with Crippen LogP contribution >= 0.6 is 12.2 Å². The van der Waals surface area contributed by atoms with Gasteiger partial charge >= 0.3 is 0 Å². The van der Waals surface area contributed by atoms with Crippen LogP contribution in [0.5, 0.6) is 0 Å². The van der Waals surface area contributed by atoms with Crippen LogP contribution in [0.15, 0.2) is 18.2 Å². The number of aryl methyl sites for hydroxylation is 2. The molecular weight excluding hydrogens is 254 g/mol. The van der Waals surface area contributed by atoms with Gasteiger partial charge < -0.3 is 5.32 Å². The summed E-state index contributed by atoms with van der Waals surface area (Å²) in [5, 5.41) is 6.21. The molecule has 2 N–H and O–H groups in total. The molecular formula is C15H23N3S. The highest BCUT2D eigenvalue weighted by Gasteiger charge is 2.38. The van der Waals surface area contributed by atoms with E-state index >= 15 is 0 Å². The van der Waals surface area contributed by atoms with Crippen LogP contribution in [0.25, 0.3) is 0 Å². The second kappa shape index (κ2) is 5.47. The first-order valence-electron chi connectivity index (χ1n) is 6.98. The highest BCUT2D eigenvalue weighted by Crippen LogP contribution is 2.26. The third-order valence-electron chi connectivity index (χ3n) is 3.90. The van der Waals surface area contributed by atoms with Gasteiger partial charge in [-0.2, -0.15) is 0 Å². The zero-order chi connectivity index (χ0) is 14.0. The van der Waals surface area contributed by atoms with E-state index in [0.29, 0.717) is 0 Å². The molecule has 1 aromatic rings. The number of nitrogens with zero attached hydrogens (tertiary/aromatic N) is 1. The fourth-order valence-electron chi connectivity index (χ4n) is 2.49. The molecule has 0 radical (unpaired) electrons. The third kappa shape index (κ3) is 2.74. The minimum absolute atomic E-state index is 0.0926. The quantitative estimate of drug-likeness (QED) is 0.825. The van der Waals surface area contributed by atoms with Crippen molar-refractivity contribution in [3.8, 4) is 0 Å². The van der Waals surface area contributed by atoms with Gasteiger partial charge in [0.25, 0.3) is 0 Å². The lowest BCUT2D eigenvalue weighted by atomic mass is 10.0. The van der Waals surface area contributed by atoms with Gasteiger partial charge in [-0.25, -0.2) is 5.43 Å². The zero-order valence-electron chi connectivity index (χ0n) is 12.2. The number of thiocarbonyl (C=S) groups is 1. The number of anilines is 1. The maximum atomic E-state index is 5.48. The molecule has 1 atom stereocenters. The van der Waals surface area contributed by atoms with E-state index in [-0.39, 0.29) is 5.66 Å². The van der Waals surface area contributed by atoms with Gasteiger partial charge in [0.05, 0.1) is 5.69 Å². The van der Waals surface area contributed by atoms with Crippen molar-refractivity contribution in [3.05, 3.63) is 29.3 Å². The van der Waals surface area contributed by atoms with Crippen molar-refractivity contribution in [2.24, 2.45) is 0 Å². The third-order valence-corrected chi connectivity index (χ3v) is 4.19. The SMILES string of the molecule is CCC[C@]1(CC)NC(=S)N(c2ccc(C)c(C)c2)N1. The molecule has 3 nitrogen and oxygen atoms in total. The first kappa shape index (κ1) is 14.3. The van der Waals surface area contributed by atoms with Crippen LogP contribution in [0.3, 0.4) is 0 Å². The van der Waals surface area contributed by atoms with Gasteiger partial charge in [0.2, 0.25) is 0 Å². The van der Waals surface area contributed by atoms with Crippen molar-refractivity contribution in [1.29, 1.82) is 0 Å². The molecule has 0 aromatic heterocycles. The summed E-state index contributed by atoms with van der Waals surface area (Å²) in [4.78, 5) is 0. The number of hydrazine groups is 1. The first-order valence-corrected chi connectivity index (χ1v) is 7.39. The average Bonchev–Trinajstić information content (AvgIpc) is 2.71. The Labute approximate surface area is 121 Å². The predicted octanol–water partition coefficient (Wildman–Crippen LogP) is 3.41. The Morgan fingerprint density at radius 2 is 1.95 bits per heavy atom. The molecule has 1 saturated heterocycles. The summed E-state index contributed by atoms with van der Waals surface area (Å²) in [6.45, 7) is 8.63. The van der Waals surface area contributed by atoms with Crippen molar-refractivity contribution in [2.45, 2.75) is 52.6 Å². The second-order valence-corrected chi connectivity index (χ2v) is 5.72. The van der Waals surface area contributed by atoms with Crippen molar-refractivity contribution in [1.82, 2.24) is 10.7 Å². The molecule has 0 unspecified atom stereocenters. The van der Waals surface area contributed by atoms with Gasteiger partial charge in [-0.3, -0.25) is 5.01 Å². The Morgan fingerprint density at radius 3 is 2.53 bits per heavy atom. The number of nitrogens with one attached hydrogen (secondary N) is 2. The lowest BCUT2D eigenvalue weighted by Gasteiger charge is -2.28. The van der Waals surface area contributed by atoms with Gasteiger partial charge in [-0.15, -0.1) is 0 Å². The zero-order valence-corrected chi connectivity index (χ0v) is 13.0. The Hall–Kier alpha value is -1.13. The second-order valence-electron chi connectivity index (χ2n) is 5.33. The van der Waals surface area contributed by atoms with Gasteiger partial charge in [0.1, 0.15) is 5.66 Å². The van der Waals surface area contributed by atoms with E-state index in [0.717, 1.165) is 30.1 Å². The number of hydrogen-bond acceptors (Lipinski definition) is 2. The summed E-state index contributed by atoms with van der Waals surface area (Å²) < 4.78 is 0. The van der Waals surface area contributed by atoms with E-state index in [1.165, 1.54) is 11.1 Å². The maximum Gasteiger partial charge on any atom is 0.189 e.